The predicted octanol–water partition coefficient (Wildman–Crippen LogP) is 2.51. The highest BCUT2D eigenvalue weighted by atomic mass is 19.4. The van der Waals surface area contributed by atoms with Gasteiger partial charge >= 0.3 is 6.18 Å². The Kier molecular flexibility index (Phi) is 6.11. The molecule has 0 spiro atoms. The highest BCUT2D eigenvalue weighted by Gasteiger charge is 2.34. The summed E-state index contributed by atoms with van der Waals surface area (Å²) in [6.45, 7) is 0.245. The van der Waals surface area contributed by atoms with Gasteiger partial charge in [-0.05, 0) is 18.2 Å². The third-order valence-electron chi connectivity index (χ3n) is 3.93. The predicted molar refractivity (Wildman–Crippen MR) is 106 cm³/mol. The summed E-state index contributed by atoms with van der Waals surface area (Å²) < 4.78 is 45.5. The number of anilines is 1. The zero-order valence-electron chi connectivity index (χ0n) is 15.6. The van der Waals surface area contributed by atoms with E-state index >= 15 is 0 Å². The lowest BCUT2D eigenvalue weighted by Crippen LogP contribution is -2.16. The summed E-state index contributed by atoms with van der Waals surface area (Å²) in [5.41, 5.74) is 17.0. The molecule has 156 valence electrons. The first-order valence-corrected chi connectivity index (χ1v) is 8.74. The minimum atomic E-state index is -4.60. The van der Waals surface area contributed by atoms with Crippen LogP contribution in [0.3, 0.4) is 0 Å². The van der Waals surface area contributed by atoms with Crippen molar-refractivity contribution in [3.8, 4) is 17.3 Å². The number of hydrogen-bond acceptors (Lipinski definition) is 7. The number of nitrogens with zero attached hydrogens (tertiary/aromatic N) is 4. The molecule has 1 aromatic heterocycles. The Labute approximate surface area is 169 Å². The smallest absolute Gasteiger partial charge is 0.417 e. The Morgan fingerprint density at radius 1 is 1.03 bits per heavy atom. The molecular formula is C19H18F3N7O. The van der Waals surface area contributed by atoms with Crippen LogP contribution in [-0.4, -0.2) is 34.2 Å². The van der Waals surface area contributed by atoms with Crippen LogP contribution in [0, 0.1) is 0 Å². The van der Waals surface area contributed by atoms with Crippen molar-refractivity contribution in [3.63, 3.8) is 0 Å². The van der Waals surface area contributed by atoms with Gasteiger partial charge in [0.1, 0.15) is 12.4 Å². The summed E-state index contributed by atoms with van der Waals surface area (Å²) in [5, 5.41) is 7.61. The molecule has 2 aromatic carbocycles. The number of aromatic nitrogens is 3. The molecule has 0 saturated heterocycles. The van der Waals surface area contributed by atoms with Crippen molar-refractivity contribution >= 4 is 17.3 Å². The van der Waals surface area contributed by atoms with Crippen LogP contribution in [0.4, 0.5) is 24.7 Å². The van der Waals surface area contributed by atoms with Crippen molar-refractivity contribution in [2.75, 3.05) is 18.9 Å². The fourth-order valence-electron chi connectivity index (χ4n) is 2.57. The molecule has 0 amide bonds. The highest BCUT2D eigenvalue weighted by molar-refractivity contribution is 6.03. The van der Waals surface area contributed by atoms with Crippen molar-refractivity contribution in [1.82, 2.24) is 15.2 Å². The van der Waals surface area contributed by atoms with Crippen LogP contribution in [0.15, 0.2) is 53.5 Å². The van der Waals surface area contributed by atoms with Crippen LogP contribution in [0.25, 0.3) is 11.4 Å². The van der Waals surface area contributed by atoms with Crippen molar-refractivity contribution < 1.29 is 17.9 Å². The number of halogens is 3. The maximum atomic E-state index is 13.4. The molecule has 30 heavy (non-hydrogen) atoms. The van der Waals surface area contributed by atoms with Gasteiger partial charge in [-0.2, -0.15) is 13.2 Å². The van der Waals surface area contributed by atoms with Crippen molar-refractivity contribution in [1.29, 1.82) is 0 Å². The lowest BCUT2D eigenvalue weighted by atomic mass is 10.1. The molecule has 0 aliphatic heterocycles. The Morgan fingerprint density at radius 2 is 1.73 bits per heavy atom. The average Bonchev–Trinajstić information content (AvgIpc) is 2.72. The number of nitrogens with two attached hydrogens (primary N) is 3. The average molecular weight is 417 g/mol. The van der Waals surface area contributed by atoms with Crippen LogP contribution in [0.5, 0.6) is 5.88 Å². The van der Waals surface area contributed by atoms with E-state index in [2.05, 4.69) is 20.2 Å². The van der Waals surface area contributed by atoms with Gasteiger partial charge in [0.05, 0.1) is 5.56 Å². The molecule has 11 heteroatoms. The van der Waals surface area contributed by atoms with Crippen LogP contribution in [0.2, 0.25) is 0 Å². The number of hydrogen-bond donors (Lipinski definition) is 3. The summed E-state index contributed by atoms with van der Waals surface area (Å²) in [4.78, 5) is 8.29. The number of benzene rings is 2. The molecule has 3 rings (SSSR count). The van der Waals surface area contributed by atoms with Gasteiger partial charge in [-0.1, -0.05) is 30.3 Å². The van der Waals surface area contributed by atoms with Crippen molar-refractivity contribution in [3.05, 3.63) is 59.7 Å². The lowest BCUT2D eigenvalue weighted by Gasteiger charge is -2.12. The second kappa shape index (κ2) is 8.74. The number of nitrogen functional groups attached to an aromatic ring is 1. The maximum absolute atomic E-state index is 13.4. The Morgan fingerprint density at radius 3 is 2.43 bits per heavy atom. The molecule has 0 saturated carbocycles. The largest absolute Gasteiger partial charge is 0.473 e. The molecule has 0 aliphatic rings. The number of alkyl halides is 3. The minimum Gasteiger partial charge on any atom is -0.473 e. The summed E-state index contributed by atoms with van der Waals surface area (Å²) in [6.07, 6.45) is -4.60. The molecular weight excluding hydrogens is 399 g/mol. The molecule has 0 bridgehead atoms. The Hall–Kier alpha value is -3.73. The maximum Gasteiger partial charge on any atom is 0.417 e. The second-order valence-electron chi connectivity index (χ2n) is 6.03. The topological polar surface area (TPSA) is 138 Å². The molecule has 6 N–H and O–H groups in total. The van der Waals surface area contributed by atoms with Gasteiger partial charge in [-0.15, -0.1) is 10.2 Å². The zero-order valence-corrected chi connectivity index (χ0v) is 15.6. The molecule has 0 radical (unpaired) electrons. The third kappa shape index (κ3) is 4.63. The fraction of sp³-hybridized carbons (Fsp3) is 0.158. The SMILES string of the molecule is NCCOc1nnc(-c2ccccc2C(F)(F)F)nc1/N=C(\N)c1ccccc1N. The summed E-state index contributed by atoms with van der Waals surface area (Å²) in [6, 6.07) is 11.6. The number of amidine groups is 1. The van der Waals surface area contributed by atoms with E-state index in [1.165, 1.54) is 18.2 Å². The lowest BCUT2D eigenvalue weighted by molar-refractivity contribution is -0.137. The fourth-order valence-corrected chi connectivity index (χ4v) is 2.57. The number of para-hydroxylation sites is 1. The van der Waals surface area contributed by atoms with Gasteiger partial charge in [0.2, 0.25) is 5.82 Å². The van der Waals surface area contributed by atoms with Crippen molar-refractivity contribution in [2.45, 2.75) is 6.18 Å². The van der Waals surface area contributed by atoms with Crippen LogP contribution in [-0.2, 0) is 6.18 Å². The number of ether oxygens (including phenoxy) is 1. The summed E-state index contributed by atoms with van der Waals surface area (Å²) in [5.74, 6) is -0.561. The first-order valence-electron chi connectivity index (χ1n) is 8.74. The molecule has 0 fully saturated rings. The second-order valence-corrected chi connectivity index (χ2v) is 6.03. The van der Waals surface area contributed by atoms with Gasteiger partial charge in [0.25, 0.3) is 5.88 Å². The van der Waals surface area contributed by atoms with Crippen LogP contribution < -0.4 is 21.9 Å². The molecule has 3 aromatic rings. The highest BCUT2D eigenvalue weighted by Crippen LogP contribution is 2.36. The van der Waals surface area contributed by atoms with E-state index in [0.29, 0.717) is 11.3 Å². The van der Waals surface area contributed by atoms with Gasteiger partial charge in [-0.3, -0.25) is 0 Å². The summed E-state index contributed by atoms with van der Waals surface area (Å²) in [7, 11) is 0. The van der Waals surface area contributed by atoms with E-state index in [-0.39, 0.29) is 42.1 Å². The monoisotopic (exact) mass is 417 g/mol. The van der Waals surface area contributed by atoms with Gasteiger partial charge in [0.15, 0.2) is 5.82 Å². The van der Waals surface area contributed by atoms with Gasteiger partial charge < -0.3 is 21.9 Å². The molecule has 0 unspecified atom stereocenters. The van der Waals surface area contributed by atoms with E-state index in [1.807, 2.05) is 0 Å². The minimum absolute atomic E-state index is 0.0127. The van der Waals surface area contributed by atoms with E-state index in [1.54, 1.807) is 24.3 Å². The zero-order chi connectivity index (χ0) is 21.7. The molecule has 0 atom stereocenters. The standard InChI is InChI=1S/C19H18F3N7O/c20-19(21,22)13-7-3-1-5-11(13)16-27-17(18(29-28-16)30-10-9-23)26-15(25)12-6-2-4-8-14(12)24/h1-8H,9-10,23-24H2,(H2,25,26,27,28). The Balaban J connectivity index is 2.13. The quantitative estimate of drug-likeness (QED) is 0.318. The van der Waals surface area contributed by atoms with E-state index < -0.39 is 11.7 Å². The van der Waals surface area contributed by atoms with Crippen LogP contribution >= 0.6 is 0 Å². The van der Waals surface area contributed by atoms with Gasteiger partial charge in [-0.25, -0.2) is 9.98 Å². The van der Waals surface area contributed by atoms with E-state index in [4.69, 9.17) is 21.9 Å². The van der Waals surface area contributed by atoms with Crippen molar-refractivity contribution in [2.24, 2.45) is 16.5 Å². The van der Waals surface area contributed by atoms with E-state index in [9.17, 15) is 13.2 Å². The van der Waals surface area contributed by atoms with Crippen LogP contribution in [0.1, 0.15) is 11.1 Å². The molecule has 8 nitrogen and oxygen atoms in total. The van der Waals surface area contributed by atoms with E-state index in [0.717, 1.165) is 6.07 Å². The number of rotatable bonds is 6. The Bertz CT molecular complexity index is 1070. The first kappa shape index (κ1) is 21.0. The first-order chi connectivity index (χ1) is 14.3. The number of aliphatic imine (C=N–C) groups is 1. The molecule has 0 aliphatic carbocycles. The summed E-state index contributed by atoms with van der Waals surface area (Å²) >= 11 is 0. The molecule has 1 heterocycles. The normalized spacial score (nSPS) is 12.1. The third-order valence-corrected chi connectivity index (χ3v) is 3.93. The van der Waals surface area contributed by atoms with Gasteiger partial charge in [0, 0.05) is 23.4 Å².